The molecule has 2 rings (SSSR count). The maximum absolute atomic E-state index is 5.37. The van der Waals surface area contributed by atoms with Gasteiger partial charge in [0, 0.05) is 31.4 Å². The molecule has 1 aliphatic heterocycles. The van der Waals surface area contributed by atoms with Gasteiger partial charge in [-0.2, -0.15) is 0 Å². The Morgan fingerprint density at radius 1 is 1.33 bits per heavy atom. The largest absolute Gasteiger partial charge is 0.383 e. The van der Waals surface area contributed by atoms with Gasteiger partial charge in [-0.3, -0.25) is 4.90 Å². The van der Waals surface area contributed by atoms with Crippen LogP contribution in [0, 0.1) is 0 Å². The zero-order valence-corrected chi connectivity index (χ0v) is 11.5. The van der Waals surface area contributed by atoms with E-state index in [1.165, 1.54) is 11.3 Å². The number of rotatable bonds is 5. The Hall–Kier alpha value is -1.06. The highest BCUT2D eigenvalue weighted by Gasteiger charge is 2.10. The molecule has 0 radical (unpaired) electrons. The average Bonchev–Trinajstić information content (AvgIpc) is 2.40. The molecule has 0 bridgehead atoms. The van der Waals surface area contributed by atoms with Gasteiger partial charge in [-0.05, 0) is 31.0 Å². The highest BCUT2D eigenvalue weighted by Crippen LogP contribution is 2.15. The van der Waals surface area contributed by atoms with Gasteiger partial charge in [0.25, 0.3) is 0 Å². The van der Waals surface area contributed by atoms with Crippen LogP contribution in [0.3, 0.4) is 0 Å². The molecule has 0 amide bonds. The van der Waals surface area contributed by atoms with Crippen LogP contribution in [0.4, 0.5) is 5.69 Å². The number of morpholine rings is 1. The van der Waals surface area contributed by atoms with E-state index in [-0.39, 0.29) is 0 Å². The van der Waals surface area contributed by atoms with Crippen LogP contribution in [0.5, 0.6) is 0 Å². The first-order valence-electron chi connectivity index (χ1n) is 6.93. The van der Waals surface area contributed by atoms with Crippen molar-refractivity contribution in [1.29, 1.82) is 0 Å². The first-order valence-corrected chi connectivity index (χ1v) is 6.93. The van der Waals surface area contributed by atoms with E-state index < -0.39 is 0 Å². The molecule has 0 aromatic heterocycles. The summed E-state index contributed by atoms with van der Waals surface area (Å²) in [6.07, 6.45) is 1.15. The van der Waals surface area contributed by atoms with Gasteiger partial charge >= 0.3 is 0 Å². The second-order valence-corrected chi connectivity index (χ2v) is 5.04. The van der Waals surface area contributed by atoms with E-state index in [2.05, 4.69) is 48.3 Å². The molecule has 1 heterocycles. The lowest BCUT2D eigenvalue weighted by atomic mass is 10.1. The number of hydrogen-bond donors (Lipinski definition) is 1. The number of hydrogen-bond acceptors (Lipinski definition) is 3. The summed E-state index contributed by atoms with van der Waals surface area (Å²) >= 11 is 0. The van der Waals surface area contributed by atoms with Gasteiger partial charge in [0.15, 0.2) is 0 Å². The number of ether oxygens (including phenoxy) is 1. The third-order valence-electron chi connectivity index (χ3n) is 3.46. The summed E-state index contributed by atoms with van der Waals surface area (Å²) in [5.74, 6) is 0. The van der Waals surface area contributed by atoms with Crippen molar-refractivity contribution < 1.29 is 4.74 Å². The zero-order valence-electron chi connectivity index (χ0n) is 11.5. The monoisotopic (exact) mass is 248 g/mol. The van der Waals surface area contributed by atoms with Crippen LogP contribution in [0.2, 0.25) is 0 Å². The highest BCUT2D eigenvalue weighted by atomic mass is 16.5. The summed E-state index contributed by atoms with van der Waals surface area (Å²) in [5.41, 5.74) is 2.61. The minimum Gasteiger partial charge on any atom is -0.383 e. The van der Waals surface area contributed by atoms with E-state index in [9.17, 15) is 0 Å². The van der Waals surface area contributed by atoms with Crippen LogP contribution in [0.25, 0.3) is 0 Å². The zero-order chi connectivity index (χ0) is 12.8. The molecule has 1 aromatic rings. The topological polar surface area (TPSA) is 24.5 Å². The lowest BCUT2D eigenvalue weighted by molar-refractivity contribution is 0.0342. The number of nitrogens with one attached hydrogen (secondary N) is 1. The van der Waals surface area contributed by atoms with Gasteiger partial charge in [0.2, 0.25) is 0 Å². The van der Waals surface area contributed by atoms with Gasteiger partial charge in [0.05, 0.1) is 13.2 Å². The fourth-order valence-corrected chi connectivity index (χ4v) is 2.16. The van der Waals surface area contributed by atoms with Crippen molar-refractivity contribution in [3.05, 3.63) is 29.8 Å². The fourth-order valence-electron chi connectivity index (χ4n) is 2.16. The Morgan fingerprint density at radius 3 is 2.83 bits per heavy atom. The van der Waals surface area contributed by atoms with Crippen molar-refractivity contribution in [3.63, 3.8) is 0 Å². The van der Waals surface area contributed by atoms with Crippen LogP contribution in [0.15, 0.2) is 24.3 Å². The van der Waals surface area contributed by atoms with Crippen molar-refractivity contribution in [2.45, 2.75) is 32.9 Å². The second kappa shape index (κ2) is 6.76. The predicted molar refractivity (Wildman–Crippen MR) is 75.9 cm³/mol. The van der Waals surface area contributed by atoms with Crippen LogP contribution in [0.1, 0.15) is 25.8 Å². The smallest absolute Gasteiger partial charge is 0.0594 e. The average molecular weight is 248 g/mol. The summed E-state index contributed by atoms with van der Waals surface area (Å²) in [5, 5.41) is 3.53. The molecule has 0 unspecified atom stereocenters. The molecular formula is C15H24N2O. The molecule has 1 atom stereocenters. The molecule has 0 saturated carbocycles. The van der Waals surface area contributed by atoms with Crippen LogP contribution in [-0.4, -0.2) is 37.2 Å². The van der Waals surface area contributed by atoms with Gasteiger partial charge < -0.3 is 10.1 Å². The van der Waals surface area contributed by atoms with Crippen LogP contribution in [-0.2, 0) is 11.3 Å². The summed E-state index contributed by atoms with van der Waals surface area (Å²) in [6, 6.07) is 9.29. The molecule has 3 nitrogen and oxygen atoms in total. The molecule has 3 heteroatoms. The highest BCUT2D eigenvalue weighted by molar-refractivity contribution is 5.46. The van der Waals surface area contributed by atoms with E-state index in [4.69, 9.17) is 4.74 Å². The summed E-state index contributed by atoms with van der Waals surface area (Å²) in [4.78, 5) is 2.45. The standard InChI is InChI=1S/C15H24N2O/c1-3-13(2)16-15-6-4-5-14(11-15)12-17-7-9-18-10-8-17/h4-6,11,13,16H,3,7-10,12H2,1-2H3/t13-/m1/s1. The first kappa shape index (κ1) is 13.4. The first-order chi connectivity index (χ1) is 8.78. The normalized spacial score (nSPS) is 18.6. The molecule has 100 valence electrons. The summed E-state index contributed by atoms with van der Waals surface area (Å²) in [6.45, 7) is 9.27. The maximum atomic E-state index is 5.37. The van der Waals surface area contributed by atoms with E-state index >= 15 is 0 Å². The van der Waals surface area contributed by atoms with Crippen molar-refractivity contribution in [1.82, 2.24) is 4.90 Å². The van der Waals surface area contributed by atoms with Crippen LogP contribution < -0.4 is 5.32 Å². The van der Waals surface area contributed by atoms with Crippen molar-refractivity contribution in [3.8, 4) is 0 Å². The van der Waals surface area contributed by atoms with Crippen LogP contribution >= 0.6 is 0 Å². The molecule has 1 aliphatic rings. The van der Waals surface area contributed by atoms with E-state index in [1.54, 1.807) is 0 Å². The maximum Gasteiger partial charge on any atom is 0.0594 e. The molecule has 1 aromatic carbocycles. The summed E-state index contributed by atoms with van der Waals surface area (Å²) < 4.78 is 5.37. The Bertz CT molecular complexity index is 361. The molecule has 0 aliphatic carbocycles. The minimum atomic E-state index is 0.531. The lowest BCUT2D eigenvalue weighted by Crippen LogP contribution is -2.35. The molecule has 0 spiro atoms. The van der Waals surface area contributed by atoms with Crippen molar-refractivity contribution in [2.75, 3.05) is 31.6 Å². The third kappa shape index (κ3) is 4.00. The number of anilines is 1. The second-order valence-electron chi connectivity index (χ2n) is 5.04. The van der Waals surface area contributed by atoms with E-state index in [1.807, 2.05) is 0 Å². The molecule has 1 N–H and O–H groups in total. The van der Waals surface area contributed by atoms with Gasteiger partial charge in [0.1, 0.15) is 0 Å². The number of nitrogens with zero attached hydrogens (tertiary/aromatic N) is 1. The Kier molecular flexibility index (Phi) is 5.02. The van der Waals surface area contributed by atoms with Crippen molar-refractivity contribution in [2.24, 2.45) is 0 Å². The Labute approximate surface area is 110 Å². The van der Waals surface area contributed by atoms with E-state index in [0.717, 1.165) is 39.3 Å². The van der Waals surface area contributed by atoms with Gasteiger partial charge in [-0.15, -0.1) is 0 Å². The van der Waals surface area contributed by atoms with E-state index in [0.29, 0.717) is 6.04 Å². The molecular weight excluding hydrogens is 224 g/mol. The van der Waals surface area contributed by atoms with Gasteiger partial charge in [-0.25, -0.2) is 0 Å². The third-order valence-corrected chi connectivity index (χ3v) is 3.46. The molecule has 18 heavy (non-hydrogen) atoms. The number of benzene rings is 1. The van der Waals surface area contributed by atoms with Crippen molar-refractivity contribution >= 4 is 5.69 Å². The quantitative estimate of drug-likeness (QED) is 0.867. The lowest BCUT2D eigenvalue weighted by Gasteiger charge is -2.26. The molecule has 1 saturated heterocycles. The fraction of sp³-hybridized carbons (Fsp3) is 0.600. The molecule has 1 fully saturated rings. The Balaban J connectivity index is 1.93. The predicted octanol–water partition coefficient (Wildman–Crippen LogP) is 2.73. The van der Waals surface area contributed by atoms with Gasteiger partial charge in [-0.1, -0.05) is 19.1 Å². The Morgan fingerprint density at radius 2 is 2.11 bits per heavy atom. The summed E-state index contributed by atoms with van der Waals surface area (Å²) in [7, 11) is 0. The minimum absolute atomic E-state index is 0.531. The SMILES string of the molecule is CC[C@@H](C)Nc1cccc(CN2CCOCC2)c1.